The van der Waals surface area contributed by atoms with Gasteiger partial charge in [0, 0.05) is 17.1 Å². The maximum atomic E-state index is 12.1. The number of rotatable bonds is 3. The highest BCUT2D eigenvalue weighted by atomic mass is 16.5. The Morgan fingerprint density at radius 3 is 2.62 bits per heavy atom. The molecule has 0 saturated carbocycles. The van der Waals surface area contributed by atoms with E-state index in [2.05, 4.69) is 0 Å². The second kappa shape index (κ2) is 5.63. The first-order valence-electron chi connectivity index (χ1n) is 6.56. The minimum Gasteiger partial charge on any atom is -0.444 e. The van der Waals surface area contributed by atoms with E-state index >= 15 is 0 Å². The lowest BCUT2D eigenvalue weighted by Crippen LogP contribution is -2.12. The molecule has 3 aromatic rings. The van der Waals surface area contributed by atoms with Crippen LogP contribution >= 0.6 is 0 Å². The molecule has 0 bridgehead atoms. The molecular weight excluding hydrogens is 266 g/mol. The van der Waals surface area contributed by atoms with Gasteiger partial charge in [0.2, 0.25) is 0 Å². The minimum atomic E-state index is -0.461. The Bertz CT molecular complexity index is 790. The standard InChI is InChI=1S/C17H13NO3/c19-11-14-7-4-8-16-15(14)9-10-18(16)17(20)21-12-13-5-2-1-3-6-13/h1-11H,12H2. The van der Waals surface area contributed by atoms with Gasteiger partial charge < -0.3 is 4.74 Å². The molecule has 4 nitrogen and oxygen atoms in total. The van der Waals surface area contributed by atoms with Crippen molar-refractivity contribution in [3.8, 4) is 0 Å². The first kappa shape index (κ1) is 13.1. The summed E-state index contributed by atoms with van der Waals surface area (Å²) in [6.07, 6.45) is 1.93. The third-order valence-electron chi connectivity index (χ3n) is 3.30. The molecule has 0 atom stereocenters. The maximum Gasteiger partial charge on any atom is 0.418 e. The Balaban J connectivity index is 1.84. The highest BCUT2D eigenvalue weighted by Gasteiger charge is 2.11. The highest BCUT2D eigenvalue weighted by molar-refractivity contribution is 6.00. The van der Waals surface area contributed by atoms with Crippen molar-refractivity contribution in [1.29, 1.82) is 0 Å². The molecule has 3 rings (SSSR count). The van der Waals surface area contributed by atoms with Gasteiger partial charge in [-0.05, 0) is 17.7 Å². The fraction of sp³-hybridized carbons (Fsp3) is 0.0588. The van der Waals surface area contributed by atoms with Crippen molar-refractivity contribution in [3.05, 3.63) is 71.9 Å². The van der Waals surface area contributed by atoms with Gasteiger partial charge in [0.05, 0.1) is 5.52 Å². The molecule has 1 aromatic heterocycles. The van der Waals surface area contributed by atoms with Gasteiger partial charge in [-0.1, -0.05) is 42.5 Å². The third kappa shape index (κ3) is 2.56. The van der Waals surface area contributed by atoms with Crippen molar-refractivity contribution < 1.29 is 14.3 Å². The van der Waals surface area contributed by atoms with E-state index in [1.54, 1.807) is 30.5 Å². The molecule has 0 aliphatic rings. The second-order valence-corrected chi connectivity index (χ2v) is 4.62. The Kier molecular flexibility index (Phi) is 3.51. The summed E-state index contributed by atoms with van der Waals surface area (Å²) in [7, 11) is 0. The summed E-state index contributed by atoms with van der Waals surface area (Å²) in [6, 6.07) is 16.5. The lowest BCUT2D eigenvalue weighted by Gasteiger charge is -2.06. The number of hydrogen-bond acceptors (Lipinski definition) is 3. The van der Waals surface area contributed by atoms with Gasteiger partial charge in [-0.25, -0.2) is 4.79 Å². The number of carbonyl (C=O) groups excluding carboxylic acids is 2. The Labute approximate surface area is 121 Å². The van der Waals surface area contributed by atoms with E-state index in [9.17, 15) is 9.59 Å². The molecule has 4 heteroatoms. The Morgan fingerprint density at radius 1 is 1.05 bits per heavy atom. The average Bonchev–Trinajstić information content (AvgIpc) is 2.97. The third-order valence-corrected chi connectivity index (χ3v) is 3.30. The molecule has 104 valence electrons. The molecule has 0 aliphatic carbocycles. The summed E-state index contributed by atoms with van der Waals surface area (Å²) >= 11 is 0. The van der Waals surface area contributed by atoms with Crippen LogP contribution in [0.25, 0.3) is 10.9 Å². The first-order valence-corrected chi connectivity index (χ1v) is 6.56. The van der Waals surface area contributed by atoms with Crippen LogP contribution in [0.5, 0.6) is 0 Å². The predicted molar refractivity (Wildman–Crippen MR) is 79.4 cm³/mol. The van der Waals surface area contributed by atoms with Crippen molar-refractivity contribution in [3.63, 3.8) is 0 Å². The summed E-state index contributed by atoms with van der Waals surface area (Å²) in [5.74, 6) is 0. The molecule has 21 heavy (non-hydrogen) atoms. The van der Waals surface area contributed by atoms with Gasteiger partial charge in [0.25, 0.3) is 0 Å². The molecule has 0 fully saturated rings. The number of carbonyl (C=O) groups is 2. The zero-order valence-corrected chi connectivity index (χ0v) is 11.2. The van der Waals surface area contributed by atoms with Gasteiger partial charge in [-0.2, -0.15) is 0 Å². The normalized spacial score (nSPS) is 10.5. The van der Waals surface area contributed by atoms with E-state index in [4.69, 9.17) is 4.74 Å². The van der Waals surface area contributed by atoms with Crippen molar-refractivity contribution >= 4 is 23.3 Å². The van der Waals surface area contributed by atoms with Crippen LogP contribution in [-0.4, -0.2) is 16.9 Å². The Morgan fingerprint density at radius 2 is 1.86 bits per heavy atom. The summed E-state index contributed by atoms with van der Waals surface area (Å²) < 4.78 is 6.70. The number of aromatic nitrogens is 1. The predicted octanol–water partition coefficient (Wildman–Crippen LogP) is 3.64. The molecule has 0 N–H and O–H groups in total. The van der Waals surface area contributed by atoms with Crippen molar-refractivity contribution in [2.75, 3.05) is 0 Å². The van der Waals surface area contributed by atoms with Crippen LogP contribution in [0.4, 0.5) is 4.79 Å². The fourth-order valence-corrected chi connectivity index (χ4v) is 2.24. The smallest absolute Gasteiger partial charge is 0.418 e. The molecule has 1 heterocycles. The molecular formula is C17H13NO3. The van der Waals surface area contributed by atoms with E-state index in [1.807, 2.05) is 30.3 Å². The zero-order valence-electron chi connectivity index (χ0n) is 11.2. The quantitative estimate of drug-likeness (QED) is 0.688. The van der Waals surface area contributed by atoms with Crippen LogP contribution in [-0.2, 0) is 11.3 Å². The van der Waals surface area contributed by atoms with E-state index in [0.29, 0.717) is 11.1 Å². The molecule has 2 aromatic carbocycles. The summed E-state index contributed by atoms with van der Waals surface area (Å²) in [5.41, 5.74) is 2.15. The van der Waals surface area contributed by atoms with E-state index in [1.165, 1.54) is 4.57 Å². The topological polar surface area (TPSA) is 48.3 Å². The van der Waals surface area contributed by atoms with Crippen molar-refractivity contribution in [2.45, 2.75) is 6.61 Å². The van der Waals surface area contributed by atoms with Crippen molar-refractivity contribution in [1.82, 2.24) is 4.57 Å². The van der Waals surface area contributed by atoms with Gasteiger partial charge >= 0.3 is 6.09 Å². The fourth-order valence-electron chi connectivity index (χ4n) is 2.24. The van der Waals surface area contributed by atoms with Crippen LogP contribution < -0.4 is 0 Å². The molecule has 0 amide bonds. The van der Waals surface area contributed by atoms with Gasteiger partial charge in [0.15, 0.2) is 6.29 Å². The van der Waals surface area contributed by atoms with E-state index < -0.39 is 6.09 Å². The molecule has 0 spiro atoms. The highest BCUT2D eigenvalue weighted by Crippen LogP contribution is 2.19. The molecule has 0 aliphatic heterocycles. The molecule has 0 saturated heterocycles. The number of benzene rings is 2. The van der Waals surface area contributed by atoms with Crippen LogP contribution in [0.1, 0.15) is 15.9 Å². The van der Waals surface area contributed by atoms with Gasteiger partial charge in [-0.3, -0.25) is 9.36 Å². The van der Waals surface area contributed by atoms with Crippen LogP contribution in [0.15, 0.2) is 60.8 Å². The van der Waals surface area contributed by atoms with E-state index in [-0.39, 0.29) is 6.61 Å². The molecule has 0 unspecified atom stereocenters. The largest absolute Gasteiger partial charge is 0.444 e. The summed E-state index contributed by atoms with van der Waals surface area (Å²) in [5, 5.41) is 0.740. The number of aldehydes is 1. The van der Waals surface area contributed by atoms with Gasteiger partial charge in [-0.15, -0.1) is 0 Å². The average molecular weight is 279 g/mol. The minimum absolute atomic E-state index is 0.215. The monoisotopic (exact) mass is 279 g/mol. The Hall–Kier alpha value is -2.88. The maximum absolute atomic E-state index is 12.1. The van der Waals surface area contributed by atoms with E-state index in [0.717, 1.165) is 17.2 Å². The van der Waals surface area contributed by atoms with Crippen LogP contribution in [0, 0.1) is 0 Å². The van der Waals surface area contributed by atoms with Crippen LogP contribution in [0.2, 0.25) is 0 Å². The molecule has 0 radical (unpaired) electrons. The summed E-state index contributed by atoms with van der Waals surface area (Å²) in [4.78, 5) is 23.1. The van der Waals surface area contributed by atoms with Gasteiger partial charge in [0.1, 0.15) is 6.61 Å². The SMILES string of the molecule is O=Cc1cccc2c1ccn2C(=O)OCc1ccccc1. The second-order valence-electron chi connectivity index (χ2n) is 4.62. The number of hydrogen-bond donors (Lipinski definition) is 0. The van der Waals surface area contributed by atoms with Crippen LogP contribution in [0.3, 0.4) is 0 Å². The number of ether oxygens (including phenoxy) is 1. The first-order chi connectivity index (χ1) is 10.3. The lowest BCUT2D eigenvalue weighted by molar-refractivity contribution is 0.112. The van der Waals surface area contributed by atoms with Crippen molar-refractivity contribution in [2.24, 2.45) is 0 Å². The summed E-state index contributed by atoms with van der Waals surface area (Å²) in [6.45, 7) is 0.215. The lowest BCUT2D eigenvalue weighted by atomic mass is 10.1. The zero-order chi connectivity index (χ0) is 14.7. The number of fused-ring (bicyclic) bond motifs is 1. The number of nitrogens with zero attached hydrogens (tertiary/aromatic N) is 1.